The van der Waals surface area contributed by atoms with Gasteiger partial charge < -0.3 is 20.3 Å². The van der Waals surface area contributed by atoms with Crippen molar-refractivity contribution in [3.8, 4) is 0 Å². The molecule has 1 fully saturated rings. The maximum atomic E-state index is 12.1. The molecule has 0 bridgehead atoms. The van der Waals surface area contributed by atoms with Gasteiger partial charge >= 0.3 is 6.09 Å². The van der Waals surface area contributed by atoms with Gasteiger partial charge in [0.05, 0.1) is 0 Å². The van der Waals surface area contributed by atoms with E-state index in [4.69, 9.17) is 4.74 Å². The van der Waals surface area contributed by atoms with Gasteiger partial charge in [-0.25, -0.2) is 4.79 Å². The zero-order valence-electron chi connectivity index (χ0n) is 17.5. The molecule has 0 saturated carbocycles. The van der Waals surface area contributed by atoms with E-state index in [0.29, 0.717) is 0 Å². The summed E-state index contributed by atoms with van der Waals surface area (Å²) in [6, 6.07) is 0. The second kappa shape index (κ2) is 14.6. The van der Waals surface area contributed by atoms with Crippen LogP contribution >= 0.6 is 35.7 Å². The minimum atomic E-state index is -0.430. The number of hydrogen-bond acceptors (Lipinski definition) is 5. The van der Waals surface area contributed by atoms with Gasteiger partial charge in [0.25, 0.3) is 0 Å². The minimum Gasteiger partial charge on any atom is -0.444 e. The molecular weight excluding hydrogens is 477 g/mol. The van der Waals surface area contributed by atoms with Crippen molar-refractivity contribution in [3.63, 3.8) is 0 Å². The zero-order chi connectivity index (χ0) is 19.4. The largest absolute Gasteiger partial charge is 0.444 e. The van der Waals surface area contributed by atoms with Gasteiger partial charge in [0, 0.05) is 58.1 Å². The van der Waals surface area contributed by atoms with Crippen LogP contribution in [-0.4, -0.2) is 91.8 Å². The molecule has 1 aliphatic heterocycles. The number of nitrogens with one attached hydrogen (secondary N) is 2. The van der Waals surface area contributed by atoms with E-state index >= 15 is 0 Å². The Hall–Kier alpha value is -0.420. The van der Waals surface area contributed by atoms with Crippen molar-refractivity contribution >= 4 is 47.8 Å². The van der Waals surface area contributed by atoms with Crippen molar-refractivity contribution in [1.29, 1.82) is 0 Å². The number of nitrogens with zero attached hydrogens (tertiary/aromatic N) is 3. The van der Waals surface area contributed by atoms with Crippen LogP contribution < -0.4 is 10.6 Å². The number of amides is 1. The fourth-order valence-electron chi connectivity index (χ4n) is 2.58. The first-order valence-electron chi connectivity index (χ1n) is 9.57. The first-order valence-corrected chi connectivity index (χ1v) is 11.0. The van der Waals surface area contributed by atoms with Gasteiger partial charge in [-0.05, 0) is 40.4 Å². The van der Waals surface area contributed by atoms with Crippen molar-refractivity contribution in [2.24, 2.45) is 4.99 Å². The van der Waals surface area contributed by atoms with E-state index in [1.807, 2.05) is 32.5 Å². The van der Waals surface area contributed by atoms with Crippen molar-refractivity contribution in [2.45, 2.75) is 39.7 Å². The van der Waals surface area contributed by atoms with E-state index in [1.54, 1.807) is 4.90 Å². The summed E-state index contributed by atoms with van der Waals surface area (Å²) >= 11 is 1.82. The molecule has 1 aliphatic rings. The number of rotatable bonds is 8. The van der Waals surface area contributed by atoms with Crippen LogP contribution in [0.15, 0.2) is 4.99 Å². The van der Waals surface area contributed by atoms with Crippen LogP contribution in [0.25, 0.3) is 0 Å². The number of piperazine rings is 1. The summed E-state index contributed by atoms with van der Waals surface area (Å²) in [5.41, 5.74) is -0.430. The van der Waals surface area contributed by atoms with Gasteiger partial charge in [0.2, 0.25) is 0 Å². The first kappa shape index (κ1) is 26.6. The molecular formula is C18H38IN5O2S. The Morgan fingerprint density at radius 1 is 1.19 bits per heavy atom. The highest BCUT2D eigenvalue weighted by Gasteiger charge is 2.25. The molecule has 27 heavy (non-hydrogen) atoms. The molecule has 0 spiro atoms. The number of carbonyl (C=O) groups excluding carboxylic acids is 1. The standard InChI is InChI=1S/C18H37N5O2S.HI/c1-6-19-16(21-9-15-26-5)20-8-7-10-22-11-13-23(14-12-22)17(24)25-18(2,3)4;/h6-15H2,1-5H3,(H2,19,20,21);1H. The maximum Gasteiger partial charge on any atom is 0.410 e. The topological polar surface area (TPSA) is 69.2 Å². The van der Waals surface area contributed by atoms with Gasteiger partial charge in [-0.3, -0.25) is 9.89 Å². The van der Waals surface area contributed by atoms with Crippen molar-refractivity contribution in [3.05, 3.63) is 0 Å². The number of carbonyl (C=O) groups is 1. The molecule has 0 unspecified atom stereocenters. The summed E-state index contributed by atoms with van der Waals surface area (Å²) in [6.07, 6.45) is 2.92. The smallest absolute Gasteiger partial charge is 0.410 e. The van der Waals surface area contributed by atoms with Crippen LogP contribution in [0, 0.1) is 0 Å². The Morgan fingerprint density at radius 2 is 1.85 bits per heavy atom. The highest BCUT2D eigenvalue weighted by molar-refractivity contribution is 14.0. The Morgan fingerprint density at radius 3 is 2.41 bits per heavy atom. The van der Waals surface area contributed by atoms with Crippen LogP contribution in [-0.2, 0) is 4.74 Å². The number of hydrogen-bond donors (Lipinski definition) is 2. The number of halogens is 1. The second-order valence-corrected chi connectivity index (χ2v) is 8.33. The Labute approximate surface area is 186 Å². The molecule has 0 atom stereocenters. The average Bonchev–Trinajstić information content (AvgIpc) is 2.58. The fraction of sp³-hybridized carbons (Fsp3) is 0.889. The van der Waals surface area contributed by atoms with Crippen LogP contribution in [0.2, 0.25) is 0 Å². The van der Waals surface area contributed by atoms with Crippen LogP contribution in [0.3, 0.4) is 0 Å². The number of thioether (sulfide) groups is 1. The number of aliphatic imine (C=N–C) groups is 1. The van der Waals surface area contributed by atoms with E-state index in [2.05, 4.69) is 33.7 Å². The normalized spacial score (nSPS) is 15.9. The fourth-order valence-corrected chi connectivity index (χ4v) is 2.89. The monoisotopic (exact) mass is 515 g/mol. The SMILES string of the molecule is CCNC(=NCCCN1CCN(C(=O)OC(C)(C)C)CC1)NCCSC.I. The second-order valence-electron chi connectivity index (χ2n) is 7.34. The predicted molar refractivity (Wildman–Crippen MR) is 127 cm³/mol. The molecule has 1 heterocycles. The number of guanidine groups is 1. The average molecular weight is 516 g/mol. The maximum absolute atomic E-state index is 12.1. The first-order chi connectivity index (χ1) is 12.4. The lowest BCUT2D eigenvalue weighted by atomic mass is 10.2. The Balaban J connectivity index is 0.00000676. The Bertz CT molecular complexity index is 438. The molecule has 1 saturated heterocycles. The summed E-state index contributed by atoms with van der Waals surface area (Å²) in [4.78, 5) is 20.9. The van der Waals surface area contributed by atoms with Gasteiger partial charge in [0.15, 0.2) is 5.96 Å². The van der Waals surface area contributed by atoms with Crippen LogP contribution in [0.1, 0.15) is 34.1 Å². The van der Waals surface area contributed by atoms with Gasteiger partial charge in [0.1, 0.15) is 5.60 Å². The molecule has 7 nitrogen and oxygen atoms in total. The quantitative estimate of drug-likeness (QED) is 0.224. The predicted octanol–water partition coefficient (Wildman–Crippen LogP) is 2.47. The Kier molecular flexibility index (Phi) is 14.3. The van der Waals surface area contributed by atoms with E-state index in [0.717, 1.165) is 70.5 Å². The van der Waals surface area contributed by atoms with Crippen molar-refractivity contribution in [1.82, 2.24) is 20.4 Å². The lowest BCUT2D eigenvalue weighted by Crippen LogP contribution is -2.50. The summed E-state index contributed by atoms with van der Waals surface area (Å²) in [7, 11) is 0. The van der Waals surface area contributed by atoms with Gasteiger partial charge in [-0.2, -0.15) is 11.8 Å². The molecule has 1 rings (SSSR count). The molecule has 0 radical (unpaired) electrons. The molecule has 0 aromatic carbocycles. The third-order valence-corrected chi connectivity index (χ3v) is 4.48. The van der Waals surface area contributed by atoms with Gasteiger partial charge in [-0.1, -0.05) is 0 Å². The summed E-state index contributed by atoms with van der Waals surface area (Å²) in [6.45, 7) is 14.7. The lowest BCUT2D eigenvalue weighted by Gasteiger charge is -2.35. The van der Waals surface area contributed by atoms with E-state index < -0.39 is 5.60 Å². The van der Waals surface area contributed by atoms with Crippen molar-refractivity contribution < 1.29 is 9.53 Å². The zero-order valence-corrected chi connectivity index (χ0v) is 20.7. The number of ether oxygens (including phenoxy) is 1. The highest BCUT2D eigenvalue weighted by Crippen LogP contribution is 2.11. The molecule has 0 aromatic heterocycles. The molecule has 0 aromatic rings. The summed E-state index contributed by atoms with van der Waals surface area (Å²) < 4.78 is 5.44. The minimum absolute atomic E-state index is 0. The molecule has 0 aliphatic carbocycles. The third-order valence-electron chi connectivity index (χ3n) is 3.87. The van der Waals surface area contributed by atoms with E-state index in [9.17, 15) is 4.79 Å². The van der Waals surface area contributed by atoms with E-state index in [1.165, 1.54) is 0 Å². The molecule has 2 N–H and O–H groups in total. The van der Waals surface area contributed by atoms with Gasteiger partial charge in [-0.15, -0.1) is 24.0 Å². The van der Waals surface area contributed by atoms with Crippen molar-refractivity contribution in [2.75, 3.05) is 64.4 Å². The lowest BCUT2D eigenvalue weighted by molar-refractivity contribution is 0.0145. The molecule has 1 amide bonds. The molecule has 9 heteroatoms. The van der Waals surface area contributed by atoms with Crippen LogP contribution in [0.5, 0.6) is 0 Å². The third kappa shape index (κ3) is 12.6. The molecule has 160 valence electrons. The highest BCUT2D eigenvalue weighted by atomic mass is 127. The van der Waals surface area contributed by atoms with Crippen LogP contribution in [0.4, 0.5) is 4.79 Å². The summed E-state index contributed by atoms with van der Waals surface area (Å²) in [5.74, 6) is 1.98. The van der Waals surface area contributed by atoms with E-state index in [-0.39, 0.29) is 30.1 Å². The summed E-state index contributed by atoms with van der Waals surface area (Å²) in [5, 5.41) is 6.62.